The molecule has 5 nitrogen and oxygen atoms in total. The minimum atomic E-state index is -0.954. The molecule has 2 aromatic carbocycles. The van der Waals surface area contributed by atoms with Crippen LogP contribution in [0.25, 0.3) is 5.57 Å². The van der Waals surface area contributed by atoms with Gasteiger partial charge in [0, 0.05) is 47.4 Å². The average Bonchev–Trinajstić information content (AvgIpc) is 3.02. The van der Waals surface area contributed by atoms with E-state index in [0.29, 0.717) is 18.1 Å². The predicted molar refractivity (Wildman–Crippen MR) is 152 cm³/mol. The first kappa shape index (κ1) is 26.9. The summed E-state index contributed by atoms with van der Waals surface area (Å²) in [6.45, 7) is 10.8. The zero-order valence-corrected chi connectivity index (χ0v) is 23.4. The van der Waals surface area contributed by atoms with Gasteiger partial charge < -0.3 is 19.8 Å². The van der Waals surface area contributed by atoms with Crippen LogP contribution in [0.1, 0.15) is 68.5 Å². The van der Waals surface area contributed by atoms with Gasteiger partial charge in [-0.3, -0.25) is 4.98 Å². The van der Waals surface area contributed by atoms with Gasteiger partial charge in [0.15, 0.2) is 0 Å². The Morgan fingerprint density at radius 1 is 1.11 bits per heavy atom. The van der Waals surface area contributed by atoms with Crippen LogP contribution >= 0.6 is 11.6 Å². The SMILES string of the molecule is CC(C)(O)c1ccc2c(c1)C(=CCCN1CC[C@@](O)(c3ccc(Cl)cc3)C(C)(C)C1)c1cccnc1CO2. The Morgan fingerprint density at radius 2 is 1.87 bits per heavy atom. The number of nitrogens with zero attached hydrogens (tertiary/aromatic N) is 2. The Labute approximate surface area is 230 Å². The summed E-state index contributed by atoms with van der Waals surface area (Å²) in [4.78, 5) is 7.03. The van der Waals surface area contributed by atoms with Crippen molar-refractivity contribution < 1.29 is 14.9 Å². The van der Waals surface area contributed by atoms with Gasteiger partial charge in [0.2, 0.25) is 0 Å². The molecule has 6 heteroatoms. The van der Waals surface area contributed by atoms with Crippen molar-refractivity contribution in [2.45, 2.75) is 58.3 Å². The Hall–Kier alpha value is -2.70. The van der Waals surface area contributed by atoms with Gasteiger partial charge in [-0.2, -0.15) is 0 Å². The fourth-order valence-electron chi connectivity index (χ4n) is 5.83. The molecule has 1 fully saturated rings. The van der Waals surface area contributed by atoms with Crippen LogP contribution in [0, 0.1) is 5.41 Å². The van der Waals surface area contributed by atoms with E-state index in [4.69, 9.17) is 16.3 Å². The maximum Gasteiger partial charge on any atom is 0.131 e. The van der Waals surface area contributed by atoms with Gasteiger partial charge in [-0.05, 0) is 73.7 Å². The highest BCUT2D eigenvalue weighted by Crippen LogP contribution is 2.46. The molecule has 2 N–H and O–H groups in total. The topological polar surface area (TPSA) is 65.8 Å². The molecule has 1 atom stereocenters. The Morgan fingerprint density at radius 3 is 2.58 bits per heavy atom. The van der Waals surface area contributed by atoms with E-state index in [1.807, 2.05) is 48.5 Å². The molecular formula is C32H37ClN2O3. The minimum Gasteiger partial charge on any atom is -0.487 e. The number of ether oxygens (including phenoxy) is 1. The highest BCUT2D eigenvalue weighted by Gasteiger charge is 2.48. The van der Waals surface area contributed by atoms with E-state index in [1.165, 1.54) is 0 Å². The number of aliphatic hydroxyl groups is 2. The Bertz CT molecular complexity index is 1340. The number of hydrogen-bond acceptors (Lipinski definition) is 5. The second-order valence-corrected chi connectivity index (χ2v) is 12.2. The zero-order valence-electron chi connectivity index (χ0n) is 22.7. The van der Waals surface area contributed by atoms with E-state index in [9.17, 15) is 10.2 Å². The summed E-state index contributed by atoms with van der Waals surface area (Å²) in [5, 5.41) is 23.1. The summed E-state index contributed by atoms with van der Waals surface area (Å²) < 4.78 is 6.14. The largest absolute Gasteiger partial charge is 0.487 e. The second kappa shape index (κ2) is 10.1. The number of hydrogen-bond donors (Lipinski definition) is 2. The maximum absolute atomic E-state index is 11.7. The Kier molecular flexibility index (Phi) is 7.16. The highest BCUT2D eigenvalue weighted by atomic mass is 35.5. The molecule has 200 valence electrons. The summed E-state index contributed by atoms with van der Waals surface area (Å²) in [6, 6.07) is 17.6. The molecular weight excluding hydrogens is 496 g/mol. The number of fused-ring (bicyclic) bond motifs is 2. The van der Waals surface area contributed by atoms with Crippen LogP contribution in [0.2, 0.25) is 5.02 Å². The molecule has 5 rings (SSSR count). The van der Waals surface area contributed by atoms with E-state index < -0.39 is 11.2 Å². The van der Waals surface area contributed by atoms with Crippen LogP contribution < -0.4 is 4.74 Å². The molecule has 2 aliphatic rings. The monoisotopic (exact) mass is 532 g/mol. The van der Waals surface area contributed by atoms with E-state index in [-0.39, 0.29) is 5.41 Å². The molecule has 0 radical (unpaired) electrons. The molecule has 2 aliphatic heterocycles. The van der Waals surface area contributed by atoms with E-state index in [0.717, 1.165) is 65.3 Å². The molecule has 0 spiro atoms. The maximum atomic E-state index is 11.7. The number of benzene rings is 2. The number of pyridine rings is 1. The Balaban J connectivity index is 1.39. The zero-order chi connectivity index (χ0) is 27.1. The standard InChI is InChI=1S/C32H37ClN2O3/c1-30(2)21-35(18-15-32(30,37)22-9-12-24(33)13-10-22)17-6-8-25-26-7-5-16-34-28(26)20-38-29-14-11-23(19-27(25)29)31(3,4)36/h5,7-14,16,19,36-37H,6,15,17-18,20-21H2,1-4H3/t32-/m1/s1. The normalized spacial score (nSPS) is 22.3. The highest BCUT2D eigenvalue weighted by molar-refractivity contribution is 6.30. The molecule has 0 amide bonds. The summed E-state index contributed by atoms with van der Waals surface area (Å²) in [6.07, 6.45) is 5.58. The summed E-state index contributed by atoms with van der Waals surface area (Å²) in [5.41, 5.74) is 3.63. The third-order valence-corrected chi connectivity index (χ3v) is 8.42. The third-order valence-electron chi connectivity index (χ3n) is 8.16. The van der Waals surface area contributed by atoms with Gasteiger partial charge in [0.1, 0.15) is 12.4 Å². The molecule has 0 aliphatic carbocycles. The van der Waals surface area contributed by atoms with Crippen molar-refractivity contribution in [3.63, 3.8) is 0 Å². The lowest BCUT2D eigenvalue weighted by atomic mass is 9.66. The molecule has 3 heterocycles. The molecule has 3 aromatic rings. The lowest BCUT2D eigenvalue weighted by Gasteiger charge is -2.50. The number of piperidine rings is 1. The summed E-state index contributed by atoms with van der Waals surface area (Å²) in [7, 11) is 0. The minimum absolute atomic E-state index is 0.326. The lowest BCUT2D eigenvalue weighted by molar-refractivity contribution is -0.125. The fourth-order valence-corrected chi connectivity index (χ4v) is 5.95. The number of aromatic nitrogens is 1. The molecule has 38 heavy (non-hydrogen) atoms. The predicted octanol–water partition coefficient (Wildman–Crippen LogP) is 6.30. The van der Waals surface area contributed by atoms with E-state index >= 15 is 0 Å². The van der Waals surface area contributed by atoms with Gasteiger partial charge in [-0.1, -0.05) is 55.8 Å². The second-order valence-electron chi connectivity index (χ2n) is 11.7. The summed E-state index contributed by atoms with van der Waals surface area (Å²) in [5.74, 6) is 0.800. The molecule has 0 unspecified atom stereocenters. The third kappa shape index (κ3) is 5.13. The van der Waals surface area contributed by atoms with Crippen molar-refractivity contribution in [2.75, 3.05) is 19.6 Å². The quantitative estimate of drug-likeness (QED) is 0.404. The summed E-state index contributed by atoms with van der Waals surface area (Å²) >= 11 is 6.10. The number of halogens is 1. The number of likely N-dealkylation sites (tertiary alicyclic amines) is 1. The van der Waals surface area contributed by atoms with Crippen LogP contribution in [-0.4, -0.2) is 39.7 Å². The first-order valence-electron chi connectivity index (χ1n) is 13.3. The van der Waals surface area contributed by atoms with Crippen LogP contribution in [0.3, 0.4) is 0 Å². The first-order chi connectivity index (χ1) is 18.0. The number of rotatable bonds is 5. The molecule has 1 aromatic heterocycles. The van der Waals surface area contributed by atoms with Gasteiger partial charge in [-0.25, -0.2) is 0 Å². The van der Waals surface area contributed by atoms with Crippen molar-refractivity contribution in [1.29, 1.82) is 0 Å². The molecule has 0 saturated carbocycles. The van der Waals surface area contributed by atoms with Gasteiger partial charge in [0.25, 0.3) is 0 Å². The van der Waals surface area contributed by atoms with Crippen LogP contribution in [-0.2, 0) is 17.8 Å². The van der Waals surface area contributed by atoms with Gasteiger partial charge in [-0.15, -0.1) is 0 Å². The van der Waals surface area contributed by atoms with Crippen molar-refractivity contribution in [3.8, 4) is 5.75 Å². The van der Waals surface area contributed by atoms with Crippen molar-refractivity contribution in [1.82, 2.24) is 9.88 Å². The average molecular weight is 533 g/mol. The fraction of sp³-hybridized carbons (Fsp3) is 0.406. The van der Waals surface area contributed by atoms with Gasteiger partial charge >= 0.3 is 0 Å². The molecule has 1 saturated heterocycles. The van der Waals surface area contributed by atoms with Crippen LogP contribution in [0.15, 0.2) is 66.9 Å². The van der Waals surface area contributed by atoms with E-state index in [2.05, 4.69) is 35.9 Å². The lowest BCUT2D eigenvalue weighted by Crippen LogP contribution is -2.55. The van der Waals surface area contributed by atoms with E-state index in [1.54, 1.807) is 20.0 Å². The smallest absolute Gasteiger partial charge is 0.131 e. The van der Waals surface area contributed by atoms with Gasteiger partial charge in [0.05, 0.1) is 16.9 Å². The molecule has 0 bridgehead atoms. The first-order valence-corrected chi connectivity index (χ1v) is 13.7. The van der Waals surface area contributed by atoms with Crippen molar-refractivity contribution >= 4 is 17.2 Å². The van der Waals surface area contributed by atoms with Crippen LogP contribution in [0.4, 0.5) is 0 Å². The van der Waals surface area contributed by atoms with Crippen molar-refractivity contribution in [2.24, 2.45) is 5.41 Å². The van der Waals surface area contributed by atoms with Crippen LogP contribution in [0.5, 0.6) is 5.75 Å². The van der Waals surface area contributed by atoms with Crippen molar-refractivity contribution in [3.05, 3.63) is 99.8 Å².